The van der Waals surface area contributed by atoms with Crippen molar-refractivity contribution in [3.05, 3.63) is 47.3 Å². The van der Waals surface area contributed by atoms with Gasteiger partial charge in [-0.05, 0) is 42.4 Å². The lowest BCUT2D eigenvalue weighted by atomic mass is 10.0. The minimum absolute atomic E-state index is 0.0222. The summed E-state index contributed by atoms with van der Waals surface area (Å²) in [6.07, 6.45) is 7.02. The summed E-state index contributed by atoms with van der Waals surface area (Å²) < 4.78 is 1.82. The number of benzene rings is 1. The van der Waals surface area contributed by atoms with Crippen LogP contribution in [0.15, 0.2) is 35.5 Å². The van der Waals surface area contributed by atoms with Crippen LogP contribution in [-0.2, 0) is 13.6 Å². The number of carbonyl (C=O) groups is 1. The molecule has 24 heavy (non-hydrogen) atoms. The number of rotatable bonds is 4. The van der Waals surface area contributed by atoms with Gasteiger partial charge in [0.05, 0.1) is 6.20 Å². The third-order valence-electron chi connectivity index (χ3n) is 4.54. The van der Waals surface area contributed by atoms with Crippen LogP contribution in [0.1, 0.15) is 29.0 Å². The molecule has 1 N–H and O–H groups in total. The van der Waals surface area contributed by atoms with Crippen molar-refractivity contribution in [2.45, 2.75) is 30.7 Å². The number of nitrogens with zero attached hydrogens (tertiary/aromatic N) is 3. The first-order valence-corrected chi connectivity index (χ1v) is 9.44. The highest BCUT2D eigenvalue weighted by Gasteiger charge is 2.27. The Morgan fingerprint density at radius 3 is 3.00 bits per heavy atom. The summed E-state index contributed by atoms with van der Waals surface area (Å²) in [7, 11) is 1.92. The third kappa shape index (κ3) is 3.75. The number of carbonyl (C=O) groups excluding carboxylic acids is 1. The van der Waals surface area contributed by atoms with Crippen molar-refractivity contribution in [2.24, 2.45) is 7.05 Å². The van der Waals surface area contributed by atoms with Crippen molar-refractivity contribution in [1.82, 2.24) is 20.0 Å². The average molecular weight is 344 g/mol. The molecule has 3 rings (SSSR count). The molecular formula is C18H24N4OS. The SMILES string of the molecule is CSc1cc(C)ccc1CNC(=O)N1CCC(c2cnn(C)c2)C1. The Morgan fingerprint density at radius 2 is 2.29 bits per heavy atom. The zero-order valence-corrected chi connectivity index (χ0v) is 15.3. The molecule has 0 saturated carbocycles. The van der Waals surface area contributed by atoms with E-state index in [4.69, 9.17) is 0 Å². The lowest BCUT2D eigenvalue weighted by molar-refractivity contribution is 0.207. The van der Waals surface area contributed by atoms with Gasteiger partial charge in [0, 0.05) is 43.7 Å². The topological polar surface area (TPSA) is 50.2 Å². The fraction of sp³-hybridized carbons (Fsp3) is 0.444. The smallest absolute Gasteiger partial charge is 0.317 e. The quantitative estimate of drug-likeness (QED) is 0.867. The number of urea groups is 1. The molecule has 1 saturated heterocycles. The Labute approximate surface area is 147 Å². The van der Waals surface area contributed by atoms with Crippen molar-refractivity contribution < 1.29 is 4.79 Å². The van der Waals surface area contributed by atoms with Gasteiger partial charge in [-0.3, -0.25) is 4.68 Å². The van der Waals surface area contributed by atoms with E-state index in [2.05, 4.69) is 41.8 Å². The average Bonchev–Trinajstić information content (AvgIpc) is 3.22. The summed E-state index contributed by atoms with van der Waals surface area (Å²) in [5.74, 6) is 0.394. The fourth-order valence-electron chi connectivity index (χ4n) is 3.15. The summed E-state index contributed by atoms with van der Waals surface area (Å²) in [6, 6.07) is 6.38. The Balaban J connectivity index is 1.56. The molecule has 1 aromatic heterocycles. The second-order valence-corrected chi connectivity index (χ2v) is 7.20. The number of thioether (sulfide) groups is 1. The first kappa shape index (κ1) is 16.9. The van der Waals surface area contributed by atoms with Gasteiger partial charge in [-0.25, -0.2) is 4.79 Å². The van der Waals surface area contributed by atoms with Gasteiger partial charge >= 0.3 is 6.03 Å². The fourth-order valence-corrected chi connectivity index (χ4v) is 3.85. The second-order valence-electron chi connectivity index (χ2n) is 6.35. The summed E-state index contributed by atoms with van der Waals surface area (Å²) in [4.78, 5) is 15.6. The van der Waals surface area contributed by atoms with Gasteiger partial charge in [0.2, 0.25) is 0 Å². The molecule has 0 aliphatic carbocycles. The Morgan fingerprint density at radius 1 is 1.46 bits per heavy atom. The molecule has 2 heterocycles. The van der Waals surface area contributed by atoms with Crippen LogP contribution in [-0.4, -0.2) is 40.1 Å². The summed E-state index contributed by atoms with van der Waals surface area (Å²) in [5.41, 5.74) is 3.63. The first-order chi connectivity index (χ1) is 11.6. The van der Waals surface area contributed by atoms with E-state index in [-0.39, 0.29) is 6.03 Å². The van der Waals surface area contributed by atoms with E-state index in [1.807, 2.05) is 29.0 Å². The molecule has 1 aromatic carbocycles. The zero-order chi connectivity index (χ0) is 17.1. The molecule has 0 spiro atoms. The molecule has 5 nitrogen and oxygen atoms in total. The first-order valence-electron chi connectivity index (χ1n) is 8.21. The molecule has 1 fully saturated rings. The van der Waals surface area contributed by atoms with Crippen molar-refractivity contribution in [2.75, 3.05) is 19.3 Å². The Hall–Kier alpha value is -1.95. The summed E-state index contributed by atoms with van der Waals surface area (Å²) >= 11 is 1.72. The number of likely N-dealkylation sites (tertiary alicyclic amines) is 1. The molecule has 0 bridgehead atoms. The van der Waals surface area contributed by atoms with Crippen LogP contribution in [0.4, 0.5) is 4.79 Å². The van der Waals surface area contributed by atoms with E-state index < -0.39 is 0 Å². The normalized spacial score (nSPS) is 17.3. The highest BCUT2D eigenvalue weighted by molar-refractivity contribution is 7.98. The lowest BCUT2D eigenvalue weighted by Gasteiger charge is -2.18. The highest BCUT2D eigenvalue weighted by Crippen LogP contribution is 2.27. The number of hydrogen-bond acceptors (Lipinski definition) is 3. The van der Waals surface area contributed by atoms with Gasteiger partial charge in [0.15, 0.2) is 0 Å². The standard InChI is InChI=1S/C18H24N4OS/c1-13-4-5-14(17(8-13)24-3)9-19-18(23)22-7-6-15(12-22)16-10-20-21(2)11-16/h4-5,8,10-11,15H,6-7,9,12H2,1-3H3,(H,19,23). The van der Waals surface area contributed by atoms with Crippen LogP contribution < -0.4 is 5.32 Å². The number of hydrogen-bond donors (Lipinski definition) is 1. The van der Waals surface area contributed by atoms with Crippen molar-refractivity contribution in [1.29, 1.82) is 0 Å². The number of aromatic nitrogens is 2. The van der Waals surface area contributed by atoms with E-state index in [9.17, 15) is 4.79 Å². The third-order valence-corrected chi connectivity index (χ3v) is 5.36. The number of nitrogens with one attached hydrogen (secondary N) is 1. The predicted molar refractivity (Wildman–Crippen MR) is 97.3 cm³/mol. The largest absolute Gasteiger partial charge is 0.334 e. The highest BCUT2D eigenvalue weighted by atomic mass is 32.2. The minimum atomic E-state index is 0.0222. The van der Waals surface area contributed by atoms with Gasteiger partial charge in [-0.15, -0.1) is 11.8 Å². The molecular weight excluding hydrogens is 320 g/mol. The Kier molecular flexibility index (Phi) is 5.14. The van der Waals surface area contributed by atoms with E-state index in [0.717, 1.165) is 19.5 Å². The molecule has 1 unspecified atom stereocenters. The van der Waals surface area contributed by atoms with Crippen LogP contribution >= 0.6 is 11.8 Å². The second kappa shape index (κ2) is 7.30. The van der Waals surface area contributed by atoms with Gasteiger partial charge in [-0.1, -0.05) is 12.1 Å². The van der Waals surface area contributed by atoms with E-state index in [1.54, 1.807) is 11.8 Å². The van der Waals surface area contributed by atoms with Gasteiger partial charge < -0.3 is 10.2 Å². The van der Waals surface area contributed by atoms with Crippen LogP contribution in [0, 0.1) is 6.92 Å². The van der Waals surface area contributed by atoms with Crippen LogP contribution in [0.25, 0.3) is 0 Å². The zero-order valence-electron chi connectivity index (χ0n) is 14.5. The molecule has 128 valence electrons. The summed E-state index contributed by atoms with van der Waals surface area (Å²) in [5, 5.41) is 7.29. The summed E-state index contributed by atoms with van der Waals surface area (Å²) in [6.45, 7) is 4.23. The molecule has 6 heteroatoms. The lowest BCUT2D eigenvalue weighted by Crippen LogP contribution is -2.38. The van der Waals surface area contributed by atoms with E-state index >= 15 is 0 Å². The van der Waals surface area contributed by atoms with Gasteiger partial charge in [-0.2, -0.15) is 5.10 Å². The maximum absolute atomic E-state index is 12.5. The van der Waals surface area contributed by atoms with Crippen LogP contribution in [0.2, 0.25) is 0 Å². The Bertz CT molecular complexity index is 728. The minimum Gasteiger partial charge on any atom is -0.334 e. The monoisotopic (exact) mass is 344 g/mol. The molecule has 1 atom stereocenters. The van der Waals surface area contributed by atoms with Crippen LogP contribution in [0.5, 0.6) is 0 Å². The maximum atomic E-state index is 12.5. The van der Waals surface area contributed by atoms with E-state index in [0.29, 0.717) is 12.5 Å². The van der Waals surface area contributed by atoms with E-state index in [1.165, 1.54) is 21.6 Å². The van der Waals surface area contributed by atoms with Crippen LogP contribution in [0.3, 0.4) is 0 Å². The van der Waals surface area contributed by atoms with Crippen molar-refractivity contribution in [3.8, 4) is 0 Å². The molecule has 1 aliphatic heterocycles. The van der Waals surface area contributed by atoms with Gasteiger partial charge in [0.25, 0.3) is 0 Å². The number of aryl methyl sites for hydroxylation is 2. The molecule has 2 amide bonds. The predicted octanol–water partition coefficient (Wildman–Crippen LogP) is 3.15. The van der Waals surface area contributed by atoms with Crippen molar-refractivity contribution in [3.63, 3.8) is 0 Å². The molecule has 0 radical (unpaired) electrons. The van der Waals surface area contributed by atoms with Gasteiger partial charge in [0.1, 0.15) is 0 Å². The molecule has 1 aliphatic rings. The van der Waals surface area contributed by atoms with Crippen molar-refractivity contribution >= 4 is 17.8 Å². The molecule has 2 aromatic rings. The maximum Gasteiger partial charge on any atom is 0.317 e. The number of amides is 2.